The summed E-state index contributed by atoms with van der Waals surface area (Å²) in [6.45, 7) is 5.87. The van der Waals surface area contributed by atoms with Crippen LogP contribution in [-0.2, 0) is 0 Å². The van der Waals surface area contributed by atoms with Gasteiger partial charge < -0.3 is 20.8 Å². The summed E-state index contributed by atoms with van der Waals surface area (Å²) in [5.74, 6) is -0.321. The Bertz CT molecular complexity index is 674. The highest BCUT2D eigenvalue weighted by atomic mass is 32.1. The Kier molecular flexibility index (Phi) is 4.68. The lowest BCUT2D eigenvalue weighted by atomic mass is 10.1. The lowest BCUT2D eigenvalue weighted by Gasteiger charge is -2.23. The molecule has 0 saturated carbocycles. The zero-order chi connectivity index (χ0) is 16.3. The van der Waals surface area contributed by atoms with Crippen molar-refractivity contribution >= 4 is 28.2 Å². The van der Waals surface area contributed by atoms with Crippen molar-refractivity contribution in [1.29, 1.82) is 0 Å². The molecular formula is C15H19N3O3S. The van der Waals surface area contributed by atoms with Crippen molar-refractivity contribution in [2.75, 3.05) is 11.9 Å². The largest absolute Gasteiger partial charge is 0.459 e. The minimum absolute atomic E-state index is 0.198. The standard InChI is InChI=1S/C15H19N3O3S/c1-9-7-11(17-13(19)10-5-4-6-21-10)22-12(9)14(20)18-15(2,3)8-16/h4-7H,8,16H2,1-3H3,(H,17,19)(H,18,20). The lowest BCUT2D eigenvalue weighted by Crippen LogP contribution is -2.48. The molecule has 2 aromatic heterocycles. The summed E-state index contributed by atoms with van der Waals surface area (Å²) in [6, 6.07) is 4.98. The quantitative estimate of drug-likeness (QED) is 0.787. The highest BCUT2D eigenvalue weighted by molar-refractivity contribution is 7.18. The number of rotatable bonds is 5. The van der Waals surface area contributed by atoms with Gasteiger partial charge in [-0.25, -0.2) is 0 Å². The molecule has 0 aliphatic heterocycles. The van der Waals surface area contributed by atoms with Crippen molar-refractivity contribution in [2.24, 2.45) is 5.73 Å². The normalized spacial score (nSPS) is 11.3. The highest BCUT2D eigenvalue weighted by Gasteiger charge is 2.22. The number of amides is 2. The molecule has 118 valence electrons. The van der Waals surface area contributed by atoms with Crippen LogP contribution in [0.5, 0.6) is 0 Å². The maximum atomic E-state index is 12.3. The Hall–Kier alpha value is -2.12. The van der Waals surface area contributed by atoms with Crippen LogP contribution in [0, 0.1) is 6.92 Å². The average molecular weight is 321 g/mol. The van der Waals surface area contributed by atoms with Gasteiger partial charge in [0, 0.05) is 12.1 Å². The van der Waals surface area contributed by atoms with Crippen LogP contribution in [0.1, 0.15) is 39.6 Å². The molecule has 0 unspecified atom stereocenters. The summed E-state index contributed by atoms with van der Waals surface area (Å²) in [5.41, 5.74) is 5.93. The van der Waals surface area contributed by atoms with E-state index >= 15 is 0 Å². The van der Waals surface area contributed by atoms with Gasteiger partial charge >= 0.3 is 0 Å². The Morgan fingerprint density at radius 3 is 2.68 bits per heavy atom. The number of nitrogens with one attached hydrogen (secondary N) is 2. The molecule has 0 aliphatic carbocycles. The van der Waals surface area contributed by atoms with Gasteiger partial charge in [0.1, 0.15) is 0 Å². The summed E-state index contributed by atoms with van der Waals surface area (Å²) in [5, 5.41) is 6.18. The number of hydrogen-bond acceptors (Lipinski definition) is 5. The molecule has 0 aromatic carbocycles. The zero-order valence-corrected chi connectivity index (χ0v) is 13.5. The molecular weight excluding hydrogens is 302 g/mol. The van der Waals surface area contributed by atoms with Crippen LogP contribution in [-0.4, -0.2) is 23.9 Å². The number of anilines is 1. The van der Waals surface area contributed by atoms with E-state index in [2.05, 4.69) is 10.6 Å². The van der Waals surface area contributed by atoms with Crippen LogP contribution in [0.25, 0.3) is 0 Å². The second-order valence-corrected chi connectivity index (χ2v) is 6.65. The van der Waals surface area contributed by atoms with Gasteiger partial charge in [0.15, 0.2) is 5.76 Å². The maximum absolute atomic E-state index is 12.3. The SMILES string of the molecule is Cc1cc(NC(=O)c2ccco2)sc1C(=O)NC(C)(C)CN. The van der Waals surface area contributed by atoms with Crippen molar-refractivity contribution in [3.05, 3.63) is 40.7 Å². The van der Waals surface area contributed by atoms with Crippen LogP contribution >= 0.6 is 11.3 Å². The van der Waals surface area contributed by atoms with E-state index in [9.17, 15) is 9.59 Å². The average Bonchev–Trinajstić information content (AvgIpc) is 3.08. The van der Waals surface area contributed by atoms with Crippen LogP contribution in [0.15, 0.2) is 28.9 Å². The van der Waals surface area contributed by atoms with Crippen molar-refractivity contribution in [3.63, 3.8) is 0 Å². The van der Waals surface area contributed by atoms with Crippen molar-refractivity contribution in [2.45, 2.75) is 26.3 Å². The molecule has 6 nitrogen and oxygen atoms in total. The first-order valence-corrected chi connectivity index (χ1v) is 7.62. The number of furan rings is 1. The fourth-order valence-corrected chi connectivity index (χ4v) is 2.73. The number of thiophene rings is 1. The van der Waals surface area contributed by atoms with Crippen molar-refractivity contribution in [3.8, 4) is 0 Å². The zero-order valence-electron chi connectivity index (χ0n) is 12.7. The van der Waals surface area contributed by atoms with E-state index in [1.165, 1.54) is 17.6 Å². The molecule has 7 heteroatoms. The third kappa shape index (κ3) is 3.75. The molecule has 0 spiro atoms. The van der Waals surface area contributed by atoms with Gasteiger partial charge in [0.2, 0.25) is 0 Å². The minimum Gasteiger partial charge on any atom is -0.459 e. The fourth-order valence-electron chi connectivity index (χ4n) is 1.77. The van der Waals surface area contributed by atoms with Gasteiger partial charge in [-0.1, -0.05) is 0 Å². The Morgan fingerprint density at radius 1 is 1.36 bits per heavy atom. The van der Waals surface area contributed by atoms with E-state index in [0.717, 1.165) is 5.56 Å². The Morgan fingerprint density at radius 2 is 2.09 bits per heavy atom. The third-order valence-corrected chi connectivity index (χ3v) is 4.22. The first kappa shape index (κ1) is 16.3. The second-order valence-electron chi connectivity index (χ2n) is 5.60. The van der Waals surface area contributed by atoms with E-state index in [0.29, 0.717) is 16.4 Å². The smallest absolute Gasteiger partial charge is 0.291 e. The molecule has 2 amide bonds. The summed E-state index contributed by atoms with van der Waals surface area (Å²) in [4.78, 5) is 24.8. The third-order valence-electron chi connectivity index (χ3n) is 3.07. The summed E-state index contributed by atoms with van der Waals surface area (Å²) < 4.78 is 5.03. The van der Waals surface area contributed by atoms with Gasteiger partial charge in [0.25, 0.3) is 11.8 Å². The van der Waals surface area contributed by atoms with Gasteiger partial charge in [-0.05, 0) is 44.5 Å². The van der Waals surface area contributed by atoms with Crippen LogP contribution in [0.3, 0.4) is 0 Å². The first-order valence-electron chi connectivity index (χ1n) is 6.80. The molecule has 2 heterocycles. The van der Waals surface area contributed by atoms with Gasteiger partial charge in [-0.2, -0.15) is 0 Å². The monoisotopic (exact) mass is 321 g/mol. The number of carbonyl (C=O) groups excluding carboxylic acids is 2. The van der Waals surface area contributed by atoms with E-state index < -0.39 is 5.54 Å². The molecule has 0 radical (unpaired) electrons. The van der Waals surface area contributed by atoms with Crippen LogP contribution < -0.4 is 16.4 Å². The molecule has 0 aliphatic rings. The number of nitrogens with two attached hydrogens (primary N) is 1. The number of hydrogen-bond donors (Lipinski definition) is 3. The van der Waals surface area contributed by atoms with Crippen LogP contribution in [0.2, 0.25) is 0 Å². The topological polar surface area (TPSA) is 97.4 Å². The van der Waals surface area contributed by atoms with E-state index in [-0.39, 0.29) is 17.6 Å². The number of carbonyl (C=O) groups is 2. The Balaban J connectivity index is 2.11. The van der Waals surface area contributed by atoms with Crippen LogP contribution in [0.4, 0.5) is 5.00 Å². The highest BCUT2D eigenvalue weighted by Crippen LogP contribution is 2.27. The van der Waals surface area contributed by atoms with Gasteiger partial charge in [-0.15, -0.1) is 11.3 Å². The molecule has 2 aromatic rings. The molecule has 0 bridgehead atoms. The second kappa shape index (κ2) is 6.33. The predicted octanol–water partition coefficient (Wildman–Crippen LogP) is 2.37. The summed E-state index contributed by atoms with van der Waals surface area (Å²) >= 11 is 1.22. The first-order chi connectivity index (χ1) is 10.3. The summed E-state index contributed by atoms with van der Waals surface area (Å²) in [6.07, 6.45) is 1.43. The van der Waals surface area contributed by atoms with Crippen molar-refractivity contribution in [1.82, 2.24) is 5.32 Å². The van der Waals surface area contributed by atoms with Gasteiger partial charge in [0.05, 0.1) is 16.1 Å². The van der Waals surface area contributed by atoms with Crippen molar-refractivity contribution < 1.29 is 14.0 Å². The molecule has 2 rings (SSSR count). The Labute approximate surface area is 132 Å². The number of aryl methyl sites for hydroxylation is 1. The molecule has 22 heavy (non-hydrogen) atoms. The maximum Gasteiger partial charge on any atom is 0.291 e. The lowest BCUT2D eigenvalue weighted by molar-refractivity contribution is 0.0918. The fraction of sp³-hybridized carbons (Fsp3) is 0.333. The molecule has 0 atom stereocenters. The summed E-state index contributed by atoms with van der Waals surface area (Å²) in [7, 11) is 0. The van der Waals surface area contributed by atoms with Gasteiger partial charge in [-0.3, -0.25) is 9.59 Å². The van der Waals surface area contributed by atoms with E-state index in [1.54, 1.807) is 18.2 Å². The minimum atomic E-state index is -0.481. The molecule has 0 saturated heterocycles. The van der Waals surface area contributed by atoms with E-state index in [1.807, 2.05) is 20.8 Å². The molecule has 4 N–H and O–H groups in total. The van der Waals surface area contributed by atoms with E-state index in [4.69, 9.17) is 10.2 Å². The predicted molar refractivity (Wildman–Crippen MR) is 86.3 cm³/mol. The molecule has 0 fully saturated rings.